The van der Waals surface area contributed by atoms with Gasteiger partial charge < -0.3 is 4.90 Å². The Hall–Kier alpha value is -1.91. The molecule has 10 heteroatoms. The maximum absolute atomic E-state index is 13.8. The lowest BCUT2D eigenvalue weighted by molar-refractivity contribution is 0.112. The van der Waals surface area contributed by atoms with Gasteiger partial charge in [-0.2, -0.15) is 4.31 Å². The third kappa shape index (κ3) is 3.29. The number of sulfonamides is 1. The zero-order valence-corrected chi connectivity index (χ0v) is 14.4. The summed E-state index contributed by atoms with van der Waals surface area (Å²) in [6.07, 6.45) is 0.737. The standard InChI is InChI=1S/C15H13F3N2O3S2/c16-11-2-3-12(15(18)14(11)17)25(22,23)20-7-5-19(6-8-20)13-4-1-10(9-21)24-13/h1-4,9H,5-8H2. The Labute approximate surface area is 146 Å². The van der Waals surface area contributed by atoms with Crippen LogP contribution in [0, 0.1) is 17.5 Å². The number of piperazine rings is 1. The van der Waals surface area contributed by atoms with Crippen LogP contribution in [0.25, 0.3) is 0 Å². The first kappa shape index (κ1) is 17.9. The molecule has 1 aliphatic heterocycles. The van der Waals surface area contributed by atoms with E-state index in [-0.39, 0.29) is 13.1 Å². The number of rotatable bonds is 4. The predicted octanol–water partition coefficient (Wildman–Crippen LogP) is 2.49. The van der Waals surface area contributed by atoms with Gasteiger partial charge in [0.1, 0.15) is 4.90 Å². The van der Waals surface area contributed by atoms with Crippen molar-refractivity contribution < 1.29 is 26.4 Å². The minimum absolute atomic E-state index is 0.0646. The van der Waals surface area contributed by atoms with Gasteiger partial charge in [-0.25, -0.2) is 21.6 Å². The quantitative estimate of drug-likeness (QED) is 0.595. The summed E-state index contributed by atoms with van der Waals surface area (Å²) in [4.78, 5) is 12.3. The number of nitrogens with zero attached hydrogens (tertiary/aromatic N) is 2. The number of carbonyl (C=O) groups is 1. The maximum Gasteiger partial charge on any atom is 0.246 e. The molecular formula is C15H13F3N2O3S2. The second kappa shape index (κ2) is 6.77. The molecule has 2 aromatic rings. The molecule has 134 valence electrons. The zero-order valence-electron chi connectivity index (χ0n) is 12.8. The monoisotopic (exact) mass is 390 g/mol. The van der Waals surface area contributed by atoms with Crippen molar-refractivity contribution in [2.24, 2.45) is 0 Å². The summed E-state index contributed by atoms with van der Waals surface area (Å²) in [6.45, 7) is 0.802. The van der Waals surface area contributed by atoms with E-state index in [2.05, 4.69) is 0 Å². The van der Waals surface area contributed by atoms with Crippen molar-refractivity contribution >= 4 is 32.6 Å². The van der Waals surface area contributed by atoms with Gasteiger partial charge in [0, 0.05) is 26.2 Å². The summed E-state index contributed by atoms with van der Waals surface area (Å²) in [5.74, 6) is -4.96. The van der Waals surface area contributed by atoms with Gasteiger partial charge in [-0.3, -0.25) is 4.79 Å². The topological polar surface area (TPSA) is 57.7 Å². The van der Waals surface area contributed by atoms with E-state index >= 15 is 0 Å². The Balaban J connectivity index is 1.78. The van der Waals surface area contributed by atoms with Gasteiger partial charge in [-0.15, -0.1) is 11.3 Å². The van der Waals surface area contributed by atoms with Gasteiger partial charge >= 0.3 is 0 Å². The largest absolute Gasteiger partial charge is 0.361 e. The predicted molar refractivity (Wildman–Crippen MR) is 87.0 cm³/mol. The summed E-state index contributed by atoms with van der Waals surface area (Å²) >= 11 is 1.29. The molecule has 0 N–H and O–H groups in total. The Morgan fingerprint density at radius 2 is 1.64 bits per heavy atom. The molecule has 1 aliphatic rings. The molecule has 1 aromatic heterocycles. The minimum Gasteiger partial charge on any atom is -0.361 e. The first-order valence-corrected chi connectivity index (χ1v) is 9.54. The smallest absolute Gasteiger partial charge is 0.246 e. The Kier molecular flexibility index (Phi) is 4.85. The molecule has 5 nitrogen and oxygen atoms in total. The van der Waals surface area contributed by atoms with Crippen LogP contribution in [0.15, 0.2) is 29.2 Å². The van der Waals surface area contributed by atoms with Crippen molar-refractivity contribution in [3.05, 3.63) is 46.6 Å². The van der Waals surface area contributed by atoms with Gasteiger partial charge in [-0.05, 0) is 24.3 Å². The second-order valence-electron chi connectivity index (χ2n) is 5.36. The average molecular weight is 390 g/mol. The number of aldehydes is 1. The lowest BCUT2D eigenvalue weighted by atomic mass is 10.3. The number of thiophene rings is 1. The molecule has 0 bridgehead atoms. The Bertz CT molecular complexity index is 907. The summed E-state index contributed by atoms with van der Waals surface area (Å²) in [7, 11) is -4.26. The van der Waals surface area contributed by atoms with Crippen LogP contribution in [0.4, 0.5) is 18.2 Å². The fraction of sp³-hybridized carbons (Fsp3) is 0.267. The van der Waals surface area contributed by atoms with Crippen LogP contribution in [-0.4, -0.2) is 45.2 Å². The van der Waals surface area contributed by atoms with E-state index in [4.69, 9.17) is 0 Å². The van der Waals surface area contributed by atoms with Crippen LogP contribution in [-0.2, 0) is 10.0 Å². The Morgan fingerprint density at radius 1 is 0.960 bits per heavy atom. The molecule has 0 saturated carbocycles. The van der Waals surface area contributed by atoms with Crippen LogP contribution >= 0.6 is 11.3 Å². The van der Waals surface area contributed by atoms with Crippen LogP contribution in [0.5, 0.6) is 0 Å². The number of anilines is 1. The van der Waals surface area contributed by atoms with Crippen molar-refractivity contribution in [1.82, 2.24) is 4.31 Å². The van der Waals surface area contributed by atoms with Crippen molar-refractivity contribution in [3.63, 3.8) is 0 Å². The number of carbonyl (C=O) groups excluding carboxylic acids is 1. The lowest BCUT2D eigenvalue weighted by Crippen LogP contribution is -2.48. The van der Waals surface area contributed by atoms with Crippen molar-refractivity contribution in [3.8, 4) is 0 Å². The normalized spacial score (nSPS) is 16.2. The van der Waals surface area contributed by atoms with Gasteiger partial charge in [0.05, 0.1) is 9.88 Å². The number of benzene rings is 1. The van der Waals surface area contributed by atoms with E-state index in [0.717, 1.165) is 21.7 Å². The highest BCUT2D eigenvalue weighted by Gasteiger charge is 2.32. The SMILES string of the molecule is O=Cc1ccc(N2CCN(S(=O)(=O)c3ccc(F)c(F)c3F)CC2)s1. The first-order chi connectivity index (χ1) is 11.8. The molecule has 3 rings (SSSR count). The van der Waals surface area contributed by atoms with Gasteiger partial charge in [0.25, 0.3) is 0 Å². The molecule has 0 aliphatic carbocycles. The highest BCUT2D eigenvalue weighted by molar-refractivity contribution is 7.89. The van der Waals surface area contributed by atoms with Crippen LogP contribution < -0.4 is 4.90 Å². The molecule has 0 amide bonds. The molecule has 1 fully saturated rings. The summed E-state index contributed by atoms with van der Waals surface area (Å²) in [6, 6.07) is 4.76. The molecule has 1 aromatic carbocycles. The number of hydrogen-bond acceptors (Lipinski definition) is 5. The van der Waals surface area contributed by atoms with Crippen molar-refractivity contribution in [2.75, 3.05) is 31.1 Å². The van der Waals surface area contributed by atoms with Gasteiger partial charge in [-0.1, -0.05) is 0 Å². The summed E-state index contributed by atoms with van der Waals surface area (Å²) < 4.78 is 66.2. The molecular weight excluding hydrogens is 377 g/mol. The zero-order chi connectivity index (χ0) is 18.2. The third-order valence-corrected chi connectivity index (χ3v) is 6.88. The Morgan fingerprint density at radius 3 is 2.24 bits per heavy atom. The summed E-state index contributed by atoms with van der Waals surface area (Å²) in [5, 5.41) is 0.832. The van der Waals surface area contributed by atoms with E-state index in [1.54, 1.807) is 12.1 Å². The molecule has 0 atom stereocenters. The molecule has 1 saturated heterocycles. The van der Waals surface area contributed by atoms with Crippen LogP contribution in [0.1, 0.15) is 9.67 Å². The van der Waals surface area contributed by atoms with Crippen molar-refractivity contribution in [1.29, 1.82) is 0 Å². The molecule has 0 unspecified atom stereocenters. The molecule has 25 heavy (non-hydrogen) atoms. The highest BCUT2D eigenvalue weighted by atomic mass is 32.2. The average Bonchev–Trinajstić information content (AvgIpc) is 3.09. The number of halogens is 3. The maximum atomic E-state index is 13.8. The molecule has 0 spiro atoms. The van der Waals surface area contributed by atoms with E-state index < -0.39 is 32.4 Å². The molecule has 2 heterocycles. The van der Waals surface area contributed by atoms with E-state index in [1.807, 2.05) is 4.90 Å². The van der Waals surface area contributed by atoms with E-state index in [0.29, 0.717) is 24.0 Å². The van der Waals surface area contributed by atoms with Gasteiger partial charge in [0.2, 0.25) is 10.0 Å². The third-order valence-electron chi connectivity index (χ3n) is 3.90. The fourth-order valence-corrected chi connectivity index (χ4v) is 4.92. The second-order valence-corrected chi connectivity index (χ2v) is 8.36. The van der Waals surface area contributed by atoms with Crippen molar-refractivity contribution in [2.45, 2.75) is 4.90 Å². The number of hydrogen-bond donors (Lipinski definition) is 0. The molecule has 0 radical (unpaired) electrons. The fourth-order valence-electron chi connectivity index (χ4n) is 2.57. The summed E-state index contributed by atoms with van der Waals surface area (Å²) in [5.41, 5.74) is 0. The van der Waals surface area contributed by atoms with Crippen LogP contribution in [0.3, 0.4) is 0 Å². The van der Waals surface area contributed by atoms with Gasteiger partial charge in [0.15, 0.2) is 23.7 Å². The van der Waals surface area contributed by atoms with E-state index in [9.17, 15) is 26.4 Å². The minimum atomic E-state index is -4.26. The van der Waals surface area contributed by atoms with Crippen LogP contribution in [0.2, 0.25) is 0 Å². The highest BCUT2D eigenvalue weighted by Crippen LogP contribution is 2.28. The van der Waals surface area contributed by atoms with E-state index in [1.165, 1.54) is 11.3 Å². The lowest BCUT2D eigenvalue weighted by Gasteiger charge is -2.34. The first-order valence-electron chi connectivity index (χ1n) is 7.28.